The van der Waals surface area contributed by atoms with Crippen molar-refractivity contribution in [3.8, 4) is 0 Å². The number of hydrogen-bond donors (Lipinski definition) is 1. The summed E-state index contributed by atoms with van der Waals surface area (Å²) >= 11 is 0. The van der Waals surface area contributed by atoms with Crippen LogP contribution in [0.4, 0.5) is 0 Å². The van der Waals surface area contributed by atoms with E-state index in [1.807, 2.05) is 36.4 Å². The molecule has 3 aromatic carbocycles. The van der Waals surface area contributed by atoms with Crippen LogP contribution in [0.1, 0.15) is 32.1 Å². The number of thiol groups is 1. The zero-order valence-electron chi connectivity index (χ0n) is 15.9. The quantitative estimate of drug-likeness (QED) is 0.503. The topological polar surface area (TPSA) is 34.1 Å². The molecule has 0 unspecified atom stereocenters. The van der Waals surface area contributed by atoms with Crippen LogP contribution in [0.5, 0.6) is 0 Å². The Morgan fingerprint density at radius 3 is 1.57 bits per heavy atom. The summed E-state index contributed by atoms with van der Waals surface area (Å²) in [5.74, 6) is 0. The highest BCUT2D eigenvalue weighted by Crippen LogP contribution is 2.51. The van der Waals surface area contributed by atoms with E-state index >= 15 is 0 Å². The van der Waals surface area contributed by atoms with Crippen LogP contribution in [0.3, 0.4) is 0 Å². The van der Waals surface area contributed by atoms with Crippen LogP contribution in [-0.2, 0) is 9.84 Å². The van der Waals surface area contributed by atoms with Crippen molar-refractivity contribution in [1.82, 2.24) is 0 Å². The Morgan fingerprint density at radius 1 is 0.607 bits per heavy atom. The van der Waals surface area contributed by atoms with Crippen LogP contribution >= 0.6 is 10.9 Å². The van der Waals surface area contributed by atoms with Gasteiger partial charge in [-0.05, 0) is 76.1 Å². The summed E-state index contributed by atoms with van der Waals surface area (Å²) in [7, 11) is -3.93. The molecule has 146 valence electrons. The second kappa shape index (κ2) is 8.54. The highest BCUT2D eigenvalue weighted by atomic mass is 32.2. The Balaban J connectivity index is 1.69. The van der Waals surface area contributed by atoms with Crippen molar-refractivity contribution >= 4 is 20.7 Å². The molecule has 2 nitrogen and oxygen atoms in total. The Kier molecular flexibility index (Phi) is 5.88. The number of sulfone groups is 1. The SMILES string of the molecule is O=S(=O)(c1ccc([SH](c2ccccc2)c2ccccc2)cc1)C1CCCCC1. The van der Waals surface area contributed by atoms with Crippen molar-refractivity contribution in [2.45, 2.75) is 56.9 Å². The van der Waals surface area contributed by atoms with Gasteiger partial charge in [0.2, 0.25) is 0 Å². The molecule has 0 saturated heterocycles. The zero-order chi connectivity index (χ0) is 19.4. The van der Waals surface area contributed by atoms with Crippen LogP contribution in [0.15, 0.2) is 105 Å². The lowest BCUT2D eigenvalue weighted by molar-refractivity contribution is 0.483. The zero-order valence-corrected chi connectivity index (χ0v) is 17.6. The van der Waals surface area contributed by atoms with Crippen LogP contribution in [0, 0.1) is 0 Å². The fourth-order valence-corrected chi connectivity index (χ4v) is 8.09. The summed E-state index contributed by atoms with van der Waals surface area (Å²) in [6.45, 7) is 0. The maximum atomic E-state index is 13.0. The second-order valence-electron chi connectivity index (χ2n) is 7.31. The second-order valence-corrected chi connectivity index (χ2v) is 11.8. The fourth-order valence-electron chi connectivity index (χ4n) is 3.95. The first-order valence-electron chi connectivity index (χ1n) is 9.90. The van der Waals surface area contributed by atoms with Gasteiger partial charge in [0.05, 0.1) is 10.1 Å². The van der Waals surface area contributed by atoms with Crippen LogP contribution in [0.2, 0.25) is 0 Å². The lowest BCUT2D eigenvalue weighted by Gasteiger charge is -2.24. The standard InChI is InChI=1S/C24H26O2S2/c25-28(26,23-14-8-3-9-15-23)24-18-16-22(17-19-24)27(20-10-4-1-5-11-20)21-12-6-2-7-13-21/h1-2,4-7,10-13,16-19,23,27H,3,8-9,14-15H2. The summed E-state index contributed by atoms with van der Waals surface area (Å²) in [5.41, 5.74) is 0. The van der Waals surface area contributed by atoms with E-state index in [1.165, 1.54) is 14.7 Å². The molecule has 0 aromatic heterocycles. The third kappa shape index (κ3) is 4.03. The first kappa shape index (κ1) is 19.3. The average Bonchev–Trinajstić information content (AvgIpc) is 2.76. The predicted octanol–water partition coefficient (Wildman–Crippen LogP) is 6.27. The predicted molar refractivity (Wildman–Crippen MR) is 117 cm³/mol. The lowest BCUT2D eigenvalue weighted by atomic mass is 10.0. The molecule has 3 aromatic rings. The number of hydrogen-bond acceptors (Lipinski definition) is 2. The molecule has 4 rings (SSSR count). The van der Waals surface area contributed by atoms with Crippen molar-refractivity contribution in [3.05, 3.63) is 84.9 Å². The Hall–Kier alpha value is -2.04. The van der Waals surface area contributed by atoms with E-state index in [0.29, 0.717) is 4.90 Å². The first-order valence-corrected chi connectivity index (χ1v) is 12.8. The molecule has 1 aliphatic rings. The van der Waals surface area contributed by atoms with Crippen molar-refractivity contribution in [3.63, 3.8) is 0 Å². The fraction of sp³-hybridized carbons (Fsp3) is 0.250. The minimum Gasteiger partial charge on any atom is -0.223 e. The van der Waals surface area contributed by atoms with E-state index < -0.39 is 20.7 Å². The highest BCUT2D eigenvalue weighted by molar-refractivity contribution is 8.17. The Morgan fingerprint density at radius 2 is 1.07 bits per heavy atom. The Bertz CT molecular complexity index is 952. The molecule has 4 heteroatoms. The first-order chi connectivity index (χ1) is 13.7. The van der Waals surface area contributed by atoms with Crippen LogP contribution in [-0.4, -0.2) is 13.7 Å². The van der Waals surface area contributed by atoms with E-state index in [1.54, 1.807) is 0 Å². The molecule has 0 N–H and O–H groups in total. The molecule has 0 atom stereocenters. The third-order valence-corrected chi connectivity index (χ3v) is 10.2. The van der Waals surface area contributed by atoms with Crippen molar-refractivity contribution in [2.75, 3.05) is 0 Å². The van der Waals surface area contributed by atoms with Gasteiger partial charge < -0.3 is 0 Å². The summed E-state index contributed by atoms with van der Waals surface area (Å²) in [6.07, 6.45) is 4.80. The van der Waals surface area contributed by atoms with E-state index in [2.05, 4.69) is 48.5 Å². The van der Waals surface area contributed by atoms with E-state index in [4.69, 9.17) is 0 Å². The lowest BCUT2D eigenvalue weighted by Crippen LogP contribution is -2.24. The third-order valence-electron chi connectivity index (χ3n) is 5.44. The minimum atomic E-state index is -3.23. The van der Waals surface area contributed by atoms with Gasteiger partial charge in [-0.1, -0.05) is 55.7 Å². The smallest absolute Gasteiger partial charge is 0.181 e. The summed E-state index contributed by atoms with van der Waals surface area (Å²) < 4.78 is 26.0. The molecule has 0 spiro atoms. The van der Waals surface area contributed by atoms with Gasteiger partial charge in [0.25, 0.3) is 0 Å². The molecule has 1 saturated carbocycles. The van der Waals surface area contributed by atoms with Gasteiger partial charge in [-0.2, -0.15) is 10.9 Å². The molecule has 0 radical (unpaired) electrons. The van der Waals surface area contributed by atoms with Crippen molar-refractivity contribution in [2.24, 2.45) is 0 Å². The normalized spacial score (nSPS) is 15.9. The van der Waals surface area contributed by atoms with E-state index in [0.717, 1.165) is 32.1 Å². The summed E-state index contributed by atoms with van der Waals surface area (Å²) in [4.78, 5) is 4.19. The van der Waals surface area contributed by atoms with E-state index in [-0.39, 0.29) is 5.25 Å². The molecule has 1 fully saturated rings. The van der Waals surface area contributed by atoms with Gasteiger partial charge in [-0.15, -0.1) is 0 Å². The van der Waals surface area contributed by atoms with E-state index in [9.17, 15) is 8.42 Å². The van der Waals surface area contributed by atoms with Crippen LogP contribution < -0.4 is 0 Å². The molecule has 0 bridgehead atoms. The summed E-state index contributed by atoms with van der Waals surface area (Å²) in [6, 6.07) is 28.6. The minimum absolute atomic E-state index is 0.211. The Labute approximate surface area is 170 Å². The molecule has 0 amide bonds. The van der Waals surface area contributed by atoms with Gasteiger partial charge in [-0.3, -0.25) is 0 Å². The molecular formula is C24H26O2S2. The van der Waals surface area contributed by atoms with Crippen molar-refractivity contribution < 1.29 is 8.42 Å². The summed E-state index contributed by atoms with van der Waals surface area (Å²) in [5, 5.41) is -0.211. The van der Waals surface area contributed by atoms with Gasteiger partial charge in [0.1, 0.15) is 0 Å². The largest absolute Gasteiger partial charge is 0.223 e. The number of benzene rings is 3. The maximum absolute atomic E-state index is 13.0. The molecule has 0 aliphatic heterocycles. The average molecular weight is 411 g/mol. The van der Waals surface area contributed by atoms with Gasteiger partial charge in [0.15, 0.2) is 9.84 Å². The highest BCUT2D eigenvalue weighted by Gasteiger charge is 2.29. The van der Waals surface area contributed by atoms with Crippen LogP contribution in [0.25, 0.3) is 0 Å². The van der Waals surface area contributed by atoms with Gasteiger partial charge in [-0.25, -0.2) is 8.42 Å². The van der Waals surface area contributed by atoms with Crippen molar-refractivity contribution in [1.29, 1.82) is 0 Å². The maximum Gasteiger partial charge on any atom is 0.181 e. The molecule has 1 aliphatic carbocycles. The number of rotatable bonds is 5. The monoisotopic (exact) mass is 410 g/mol. The van der Waals surface area contributed by atoms with Gasteiger partial charge >= 0.3 is 0 Å². The van der Waals surface area contributed by atoms with Gasteiger partial charge in [0, 0.05) is 0 Å². The molecular weight excluding hydrogens is 384 g/mol. The molecule has 0 heterocycles. The molecule has 28 heavy (non-hydrogen) atoms.